The SMILES string of the molecule is CCc1cccc(-n2c(=O)[nH]c3ccsc3c2=O)c1. The summed E-state index contributed by atoms with van der Waals surface area (Å²) >= 11 is 1.34. The van der Waals surface area contributed by atoms with Gasteiger partial charge in [0.1, 0.15) is 4.70 Å². The van der Waals surface area contributed by atoms with Crippen molar-refractivity contribution >= 4 is 21.6 Å². The van der Waals surface area contributed by atoms with Gasteiger partial charge in [-0.3, -0.25) is 4.79 Å². The maximum Gasteiger partial charge on any atom is 0.333 e. The predicted molar refractivity (Wildman–Crippen MR) is 77.4 cm³/mol. The van der Waals surface area contributed by atoms with Gasteiger partial charge in [0.25, 0.3) is 5.56 Å². The lowest BCUT2D eigenvalue weighted by Crippen LogP contribution is -2.33. The lowest BCUT2D eigenvalue weighted by molar-refractivity contribution is 0.901. The number of rotatable bonds is 2. The van der Waals surface area contributed by atoms with Crippen LogP contribution in [0, 0.1) is 0 Å². The van der Waals surface area contributed by atoms with Crippen molar-refractivity contribution < 1.29 is 0 Å². The first-order valence-corrected chi connectivity index (χ1v) is 6.90. The highest BCUT2D eigenvalue weighted by atomic mass is 32.1. The third-order valence-corrected chi connectivity index (χ3v) is 3.99. The Bertz CT molecular complexity index is 857. The fourth-order valence-corrected chi connectivity index (χ4v) is 2.87. The van der Waals surface area contributed by atoms with E-state index in [1.165, 1.54) is 15.9 Å². The van der Waals surface area contributed by atoms with Crippen LogP contribution >= 0.6 is 11.3 Å². The quantitative estimate of drug-likeness (QED) is 0.778. The summed E-state index contributed by atoms with van der Waals surface area (Å²) in [7, 11) is 0. The number of aryl methyl sites for hydroxylation is 1. The van der Waals surface area contributed by atoms with Crippen molar-refractivity contribution in [2.24, 2.45) is 0 Å². The minimum atomic E-state index is -0.399. The summed E-state index contributed by atoms with van der Waals surface area (Å²) < 4.78 is 1.76. The van der Waals surface area contributed by atoms with Gasteiger partial charge in [0, 0.05) is 0 Å². The zero-order valence-corrected chi connectivity index (χ0v) is 11.2. The number of hydrogen-bond donors (Lipinski definition) is 1. The minimum Gasteiger partial charge on any atom is -0.306 e. The molecule has 1 N–H and O–H groups in total. The van der Waals surface area contributed by atoms with Crippen LogP contribution in [0.15, 0.2) is 45.3 Å². The fraction of sp³-hybridized carbons (Fsp3) is 0.143. The standard InChI is InChI=1S/C14H12N2O2S/c1-2-9-4-3-5-10(8-9)16-13(17)12-11(6-7-19-12)15-14(16)18/h3-8H,2H2,1H3,(H,15,18). The minimum absolute atomic E-state index is 0.262. The van der Waals surface area contributed by atoms with E-state index in [1.807, 2.05) is 25.1 Å². The summed E-state index contributed by atoms with van der Waals surface area (Å²) in [5, 5.41) is 1.80. The first-order valence-electron chi connectivity index (χ1n) is 6.02. The Hall–Kier alpha value is -2.14. The molecule has 3 rings (SSSR count). The number of aromatic nitrogens is 2. The lowest BCUT2D eigenvalue weighted by atomic mass is 10.1. The number of H-pyrrole nitrogens is 1. The predicted octanol–water partition coefficient (Wildman–Crippen LogP) is 2.30. The molecule has 4 nitrogen and oxygen atoms in total. The van der Waals surface area contributed by atoms with Crippen LogP contribution in [0.1, 0.15) is 12.5 Å². The van der Waals surface area contributed by atoms with E-state index in [1.54, 1.807) is 17.5 Å². The average molecular weight is 272 g/mol. The first kappa shape index (κ1) is 11.9. The molecule has 0 atom stereocenters. The van der Waals surface area contributed by atoms with Crippen molar-refractivity contribution in [2.45, 2.75) is 13.3 Å². The number of benzene rings is 1. The molecular weight excluding hydrogens is 260 g/mol. The maximum atomic E-state index is 12.4. The van der Waals surface area contributed by atoms with Gasteiger partial charge in [-0.25, -0.2) is 9.36 Å². The van der Waals surface area contributed by atoms with Crippen LogP contribution in [0.5, 0.6) is 0 Å². The van der Waals surface area contributed by atoms with Crippen LogP contribution in [-0.4, -0.2) is 9.55 Å². The molecule has 3 aromatic rings. The Kier molecular flexibility index (Phi) is 2.83. The molecule has 0 spiro atoms. The van der Waals surface area contributed by atoms with Crippen molar-refractivity contribution in [3.05, 3.63) is 62.1 Å². The van der Waals surface area contributed by atoms with Gasteiger partial charge in [-0.1, -0.05) is 19.1 Å². The van der Waals surface area contributed by atoms with E-state index >= 15 is 0 Å². The largest absolute Gasteiger partial charge is 0.333 e. The van der Waals surface area contributed by atoms with E-state index in [0.717, 1.165) is 12.0 Å². The lowest BCUT2D eigenvalue weighted by Gasteiger charge is -2.06. The topological polar surface area (TPSA) is 54.9 Å². The Balaban J connectivity index is 2.35. The number of aromatic amines is 1. The van der Waals surface area contributed by atoms with Gasteiger partial charge in [-0.15, -0.1) is 11.3 Å². The Morgan fingerprint density at radius 3 is 2.89 bits per heavy atom. The van der Waals surface area contributed by atoms with Crippen LogP contribution in [-0.2, 0) is 6.42 Å². The third-order valence-electron chi connectivity index (χ3n) is 3.08. The normalized spacial score (nSPS) is 11.0. The first-order chi connectivity index (χ1) is 9.20. The highest BCUT2D eigenvalue weighted by Gasteiger charge is 2.10. The third kappa shape index (κ3) is 1.92. The summed E-state index contributed by atoms with van der Waals surface area (Å²) in [5.74, 6) is 0. The molecule has 2 aromatic heterocycles. The van der Waals surface area contributed by atoms with Crippen molar-refractivity contribution in [3.8, 4) is 5.69 Å². The molecule has 0 bridgehead atoms. The number of thiophene rings is 1. The van der Waals surface area contributed by atoms with Crippen LogP contribution in [0.4, 0.5) is 0 Å². The van der Waals surface area contributed by atoms with E-state index in [2.05, 4.69) is 4.98 Å². The summed E-state index contributed by atoms with van der Waals surface area (Å²) in [6, 6.07) is 9.23. The maximum absolute atomic E-state index is 12.4. The summed E-state index contributed by atoms with van der Waals surface area (Å²) in [6.45, 7) is 2.04. The summed E-state index contributed by atoms with van der Waals surface area (Å²) in [5.41, 5.74) is 1.64. The monoisotopic (exact) mass is 272 g/mol. The van der Waals surface area contributed by atoms with E-state index in [0.29, 0.717) is 15.9 Å². The van der Waals surface area contributed by atoms with Gasteiger partial charge in [-0.2, -0.15) is 0 Å². The molecule has 0 radical (unpaired) electrons. The van der Waals surface area contributed by atoms with Gasteiger partial charge in [0.2, 0.25) is 0 Å². The molecule has 0 fully saturated rings. The molecule has 96 valence electrons. The van der Waals surface area contributed by atoms with Crippen LogP contribution < -0.4 is 11.2 Å². The zero-order chi connectivity index (χ0) is 13.4. The highest BCUT2D eigenvalue weighted by molar-refractivity contribution is 7.17. The van der Waals surface area contributed by atoms with Crippen molar-refractivity contribution in [1.82, 2.24) is 9.55 Å². The number of nitrogens with one attached hydrogen (secondary N) is 1. The molecule has 0 aliphatic heterocycles. The molecule has 0 unspecified atom stereocenters. The van der Waals surface area contributed by atoms with E-state index in [-0.39, 0.29) is 5.56 Å². The molecule has 0 amide bonds. The fourth-order valence-electron chi connectivity index (χ4n) is 2.09. The molecule has 0 aliphatic carbocycles. The Labute approximate surface area is 113 Å². The van der Waals surface area contributed by atoms with Crippen LogP contribution in [0.25, 0.3) is 15.9 Å². The van der Waals surface area contributed by atoms with E-state index < -0.39 is 5.69 Å². The Morgan fingerprint density at radius 2 is 2.11 bits per heavy atom. The summed E-state index contributed by atoms with van der Waals surface area (Å²) in [6.07, 6.45) is 0.863. The number of fused-ring (bicyclic) bond motifs is 1. The second kappa shape index (κ2) is 4.51. The van der Waals surface area contributed by atoms with Crippen LogP contribution in [0.2, 0.25) is 0 Å². The molecule has 1 aromatic carbocycles. The second-order valence-corrected chi connectivity index (χ2v) is 5.17. The second-order valence-electron chi connectivity index (χ2n) is 4.26. The molecule has 0 saturated heterocycles. The molecular formula is C14H12N2O2S. The van der Waals surface area contributed by atoms with Gasteiger partial charge in [-0.05, 0) is 35.6 Å². The highest BCUT2D eigenvalue weighted by Crippen LogP contribution is 2.14. The van der Waals surface area contributed by atoms with Crippen molar-refractivity contribution in [2.75, 3.05) is 0 Å². The molecule has 0 aliphatic rings. The van der Waals surface area contributed by atoms with Crippen LogP contribution in [0.3, 0.4) is 0 Å². The van der Waals surface area contributed by atoms with Crippen molar-refractivity contribution in [3.63, 3.8) is 0 Å². The van der Waals surface area contributed by atoms with Gasteiger partial charge in [0.15, 0.2) is 0 Å². The smallest absolute Gasteiger partial charge is 0.306 e. The van der Waals surface area contributed by atoms with Gasteiger partial charge in [0.05, 0.1) is 11.2 Å². The molecule has 19 heavy (non-hydrogen) atoms. The van der Waals surface area contributed by atoms with E-state index in [4.69, 9.17) is 0 Å². The van der Waals surface area contributed by atoms with Gasteiger partial charge >= 0.3 is 5.69 Å². The Morgan fingerprint density at radius 1 is 1.26 bits per heavy atom. The zero-order valence-electron chi connectivity index (χ0n) is 10.3. The van der Waals surface area contributed by atoms with E-state index in [9.17, 15) is 9.59 Å². The molecule has 5 heteroatoms. The molecule has 2 heterocycles. The average Bonchev–Trinajstić information content (AvgIpc) is 2.87. The number of hydrogen-bond acceptors (Lipinski definition) is 3. The number of nitrogens with zero attached hydrogens (tertiary/aromatic N) is 1. The summed E-state index contributed by atoms with van der Waals surface area (Å²) in [4.78, 5) is 27.2. The van der Waals surface area contributed by atoms with Crippen molar-refractivity contribution in [1.29, 1.82) is 0 Å². The molecule has 0 saturated carbocycles. The van der Waals surface area contributed by atoms with Gasteiger partial charge < -0.3 is 4.98 Å².